The average Bonchev–Trinajstić information content (AvgIpc) is 3.39. The second kappa shape index (κ2) is 6.97. The minimum absolute atomic E-state index is 0.262. The highest BCUT2D eigenvalue weighted by molar-refractivity contribution is 5.98. The standard InChI is InChI=1S/C23H21N3O/c1-2-6-17(7-3-1)22-23(26(16-25-22)15-19-9-5-13-27-19)21-10-4-8-18-14-24-12-11-20(18)21/h1-4,6-8,10-12,14,16,19H,5,9,13,15H2. The maximum Gasteiger partial charge on any atom is 0.0963 e. The van der Waals surface area contributed by atoms with Gasteiger partial charge in [-0.2, -0.15) is 0 Å². The van der Waals surface area contributed by atoms with Gasteiger partial charge in [0, 0.05) is 35.5 Å². The third-order valence-electron chi connectivity index (χ3n) is 5.25. The van der Waals surface area contributed by atoms with Gasteiger partial charge in [0.25, 0.3) is 0 Å². The highest BCUT2D eigenvalue weighted by atomic mass is 16.5. The molecule has 0 spiro atoms. The maximum atomic E-state index is 5.89. The number of hydrogen-bond donors (Lipinski definition) is 0. The second-order valence-corrected chi connectivity index (χ2v) is 7.00. The Balaban J connectivity index is 1.71. The molecule has 1 atom stereocenters. The largest absolute Gasteiger partial charge is 0.376 e. The number of rotatable bonds is 4. The smallest absolute Gasteiger partial charge is 0.0963 e. The summed E-state index contributed by atoms with van der Waals surface area (Å²) < 4.78 is 8.15. The van der Waals surface area contributed by atoms with Crippen molar-refractivity contribution in [2.75, 3.05) is 6.61 Å². The van der Waals surface area contributed by atoms with Crippen molar-refractivity contribution in [1.29, 1.82) is 0 Å². The Morgan fingerprint density at radius 3 is 2.81 bits per heavy atom. The number of nitrogens with zero attached hydrogens (tertiary/aromatic N) is 3. The van der Waals surface area contributed by atoms with E-state index in [-0.39, 0.29) is 6.10 Å². The molecule has 4 heteroatoms. The van der Waals surface area contributed by atoms with E-state index in [4.69, 9.17) is 9.72 Å². The quantitative estimate of drug-likeness (QED) is 0.520. The molecule has 5 rings (SSSR count). The van der Waals surface area contributed by atoms with Crippen LogP contribution in [0.25, 0.3) is 33.3 Å². The van der Waals surface area contributed by atoms with Gasteiger partial charge in [-0.25, -0.2) is 4.98 Å². The molecule has 1 aliphatic rings. The molecule has 1 saturated heterocycles. The molecule has 2 aromatic heterocycles. The van der Waals surface area contributed by atoms with Crippen molar-refractivity contribution in [1.82, 2.24) is 14.5 Å². The number of hydrogen-bond acceptors (Lipinski definition) is 3. The Hall–Kier alpha value is -2.98. The molecule has 1 unspecified atom stereocenters. The Morgan fingerprint density at radius 1 is 1.04 bits per heavy atom. The number of imidazole rings is 1. The fourth-order valence-corrected chi connectivity index (χ4v) is 3.95. The highest BCUT2D eigenvalue weighted by Crippen LogP contribution is 2.36. The average molecular weight is 355 g/mol. The second-order valence-electron chi connectivity index (χ2n) is 7.00. The van der Waals surface area contributed by atoms with Crippen molar-refractivity contribution in [3.8, 4) is 22.5 Å². The molecular weight excluding hydrogens is 334 g/mol. The van der Waals surface area contributed by atoms with E-state index in [1.54, 1.807) is 0 Å². The van der Waals surface area contributed by atoms with E-state index in [2.05, 4.69) is 58.1 Å². The lowest BCUT2D eigenvalue weighted by atomic mass is 9.99. The van der Waals surface area contributed by atoms with Crippen molar-refractivity contribution in [2.24, 2.45) is 0 Å². The molecule has 0 radical (unpaired) electrons. The van der Waals surface area contributed by atoms with Crippen molar-refractivity contribution in [3.63, 3.8) is 0 Å². The highest BCUT2D eigenvalue weighted by Gasteiger charge is 2.21. The summed E-state index contributed by atoms with van der Waals surface area (Å²) in [6, 6.07) is 18.9. The molecule has 0 saturated carbocycles. The van der Waals surface area contributed by atoms with Crippen LogP contribution in [0.15, 0.2) is 73.3 Å². The molecule has 0 N–H and O–H groups in total. The molecule has 4 nitrogen and oxygen atoms in total. The molecule has 134 valence electrons. The first kappa shape index (κ1) is 16.2. The van der Waals surface area contributed by atoms with Gasteiger partial charge in [0.2, 0.25) is 0 Å². The number of ether oxygens (including phenoxy) is 1. The number of benzene rings is 2. The fraction of sp³-hybridized carbons (Fsp3) is 0.217. The van der Waals surface area contributed by atoms with E-state index in [9.17, 15) is 0 Å². The van der Waals surface area contributed by atoms with Gasteiger partial charge in [0.1, 0.15) is 0 Å². The van der Waals surface area contributed by atoms with E-state index >= 15 is 0 Å². The summed E-state index contributed by atoms with van der Waals surface area (Å²) in [5.74, 6) is 0. The van der Waals surface area contributed by atoms with Crippen LogP contribution >= 0.6 is 0 Å². The third-order valence-corrected chi connectivity index (χ3v) is 5.25. The zero-order valence-electron chi connectivity index (χ0n) is 15.1. The number of aromatic nitrogens is 3. The van der Waals surface area contributed by atoms with Crippen molar-refractivity contribution in [3.05, 3.63) is 73.3 Å². The molecule has 0 amide bonds. The molecule has 1 aliphatic heterocycles. The van der Waals surface area contributed by atoms with Gasteiger partial charge in [0.15, 0.2) is 0 Å². The van der Waals surface area contributed by atoms with E-state index in [0.29, 0.717) is 0 Å². The van der Waals surface area contributed by atoms with Crippen molar-refractivity contribution >= 4 is 10.8 Å². The maximum absolute atomic E-state index is 5.89. The number of fused-ring (bicyclic) bond motifs is 1. The van der Waals surface area contributed by atoms with Gasteiger partial charge >= 0.3 is 0 Å². The van der Waals surface area contributed by atoms with E-state index in [1.807, 2.05) is 24.8 Å². The zero-order chi connectivity index (χ0) is 18.1. The van der Waals surface area contributed by atoms with Crippen molar-refractivity contribution < 1.29 is 4.74 Å². The lowest BCUT2D eigenvalue weighted by Gasteiger charge is -2.16. The minimum Gasteiger partial charge on any atom is -0.376 e. The van der Waals surface area contributed by atoms with Gasteiger partial charge in [-0.1, -0.05) is 48.5 Å². The Morgan fingerprint density at radius 2 is 1.96 bits per heavy atom. The Labute approximate surface area is 158 Å². The van der Waals surface area contributed by atoms with Gasteiger partial charge in [-0.15, -0.1) is 0 Å². The van der Waals surface area contributed by atoms with E-state index < -0.39 is 0 Å². The van der Waals surface area contributed by atoms with Crippen LogP contribution in [0.1, 0.15) is 12.8 Å². The van der Waals surface area contributed by atoms with Gasteiger partial charge in [-0.05, 0) is 24.3 Å². The van der Waals surface area contributed by atoms with Crippen LogP contribution in [0.5, 0.6) is 0 Å². The zero-order valence-corrected chi connectivity index (χ0v) is 15.1. The van der Waals surface area contributed by atoms with Crippen LogP contribution in [0.4, 0.5) is 0 Å². The van der Waals surface area contributed by atoms with Crippen LogP contribution in [0.3, 0.4) is 0 Å². The summed E-state index contributed by atoms with van der Waals surface area (Å²) in [5.41, 5.74) is 4.47. The fourth-order valence-electron chi connectivity index (χ4n) is 3.95. The summed E-state index contributed by atoms with van der Waals surface area (Å²) in [4.78, 5) is 9.08. The summed E-state index contributed by atoms with van der Waals surface area (Å²) in [5, 5.41) is 2.33. The Kier molecular flexibility index (Phi) is 4.18. The predicted octanol–water partition coefficient (Wildman–Crippen LogP) is 4.94. The van der Waals surface area contributed by atoms with Crippen LogP contribution in [0.2, 0.25) is 0 Å². The summed E-state index contributed by atoms with van der Waals surface area (Å²) in [7, 11) is 0. The molecule has 4 aromatic rings. The first-order chi connectivity index (χ1) is 13.4. The van der Waals surface area contributed by atoms with Crippen molar-refractivity contribution in [2.45, 2.75) is 25.5 Å². The van der Waals surface area contributed by atoms with Crippen LogP contribution in [-0.2, 0) is 11.3 Å². The summed E-state index contributed by atoms with van der Waals surface area (Å²) in [6.07, 6.45) is 8.24. The number of pyridine rings is 1. The van der Waals surface area contributed by atoms with Crippen LogP contribution < -0.4 is 0 Å². The summed E-state index contributed by atoms with van der Waals surface area (Å²) >= 11 is 0. The lowest BCUT2D eigenvalue weighted by molar-refractivity contribution is 0.0973. The molecule has 0 bridgehead atoms. The first-order valence-electron chi connectivity index (χ1n) is 9.45. The van der Waals surface area contributed by atoms with Gasteiger partial charge < -0.3 is 9.30 Å². The molecular formula is C23H21N3O. The molecule has 0 aliphatic carbocycles. The van der Waals surface area contributed by atoms with Gasteiger partial charge in [0.05, 0.1) is 30.4 Å². The monoisotopic (exact) mass is 355 g/mol. The van der Waals surface area contributed by atoms with Crippen LogP contribution in [-0.4, -0.2) is 27.2 Å². The molecule has 3 heterocycles. The molecule has 1 fully saturated rings. The topological polar surface area (TPSA) is 39.9 Å². The first-order valence-corrected chi connectivity index (χ1v) is 9.45. The molecule has 2 aromatic carbocycles. The summed E-state index contributed by atoms with van der Waals surface area (Å²) in [6.45, 7) is 1.69. The van der Waals surface area contributed by atoms with Crippen LogP contribution in [0, 0.1) is 0 Å². The van der Waals surface area contributed by atoms with E-state index in [1.165, 1.54) is 10.9 Å². The Bertz CT molecular complexity index is 1060. The third kappa shape index (κ3) is 3.02. The predicted molar refractivity (Wildman–Crippen MR) is 107 cm³/mol. The van der Waals surface area contributed by atoms with E-state index in [0.717, 1.165) is 48.3 Å². The van der Waals surface area contributed by atoms with Gasteiger partial charge in [-0.3, -0.25) is 4.98 Å². The SMILES string of the molecule is c1ccc(-c2ncn(CC3CCCO3)c2-c2cccc3cnccc23)cc1. The minimum atomic E-state index is 0.262. The lowest BCUT2D eigenvalue weighted by Crippen LogP contribution is -2.15. The molecule has 27 heavy (non-hydrogen) atoms. The normalized spacial score (nSPS) is 16.8.